The number of benzene rings is 2. The third-order valence-corrected chi connectivity index (χ3v) is 4.54. The largest absolute Gasteiger partial charge is 0.493 e. The quantitative estimate of drug-likeness (QED) is 0.754. The van der Waals surface area contributed by atoms with Gasteiger partial charge in [0.15, 0.2) is 11.5 Å². The van der Waals surface area contributed by atoms with Gasteiger partial charge in [-0.25, -0.2) is 4.98 Å². The topological polar surface area (TPSA) is 100 Å². The summed E-state index contributed by atoms with van der Waals surface area (Å²) in [5.74, 6) is 1.08. The first-order valence-electron chi connectivity index (χ1n) is 8.08. The van der Waals surface area contributed by atoms with E-state index in [2.05, 4.69) is 21.4 Å². The maximum Gasteiger partial charge on any atom is 0.272 e. The molecule has 0 saturated heterocycles. The molecule has 0 fully saturated rings. The van der Waals surface area contributed by atoms with Gasteiger partial charge in [-0.1, -0.05) is 0 Å². The molecule has 0 saturated carbocycles. The van der Waals surface area contributed by atoms with E-state index in [9.17, 15) is 4.79 Å². The number of fused-ring (bicyclic) bond motifs is 2. The normalized spacial score (nSPS) is 15.2. The Labute approximate surface area is 149 Å². The van der Waals surface area contributed by atoms with Gasteiger partial charge in [-0.2, -0.15) is 5.26 Å². The molecule has 130 valence electrons. The van der Waals surface area contributed by atoms with Crippen LogP contribution < -0.4 is 20.3 Å². The highest BCUT2D eigenvalue weighted by molar-refractivity contribution is 5.79. The highest BCUT2D eigenvalue weighted by Gasteiger charge is 2.26. The molecule has 1 unspecified atom stereocenters. The van der Waals surface area contributed by atoms with E-state index in [0.29, 0.717) is 40.2 Å². The van der Waals surface area contributed by atoms with Crippen molar-refractivity contribution in [1.29, 1.82) is 5.26 Å². The van der Waals surface area contributed by atoms with Crippen LogP contribution in [0.25, 0.3) is 11.0 Å². The van der Waals surface area contributed by atoms with Crippen molar-refractivity contribution in [1.82, 2.24) is 9.97 Å². The lowest BCUT2D eigenvalue weighted by Gasteiger charge is -2.12. The fourth-order valence-corrected chi connectivity index (χ4v) is 3.26. The molecule has 0 aliphatic carbocycles. The van der Waals surface area contributed by atoms with E-state index in [0.717, 1.165) is 11.3 Å². The lowest BCUT2D eigenvalue weighted by atomic mass is 10.1. The van der Waals surface area contributed by atoms with Crippen molar-refractivity contribution in [2.45, 2.75) is 12.5 Å². The summed E-state index contributed by atoms with van der Waals surface area (Å²) in [5.41, 5.74) is 3.87. The van der Waals surface area contributed by atoms with E-state index in [-0.39, 0.29) is 11.6 Å². The number of nitrogens with zero attached hydrogens (tertiary/aromatic N) is 2. The summed E-state index contributed by atoms with van der Waals surface area (Å²) in [6.45, 7) is 0. The van der Waals surface area contributed by atoms with Gasteiger partial charge < -0.3 is 19.8 Å². The van der Waals surface area contributed by atoms with Gasteiger partial charge in [0.1, 0.15) is 5.69 Å². The van der Waals surface area contributed by atoms with Gasteiger partial charge in [-0.3, -0.25) is 4.79 Å². The molecule has 7 heteroatoms. The second kappa shape index (κ2) is 6.08. The number of hydrogen-bond acceptors (Lipinski definition) is 6. The summed E-state index contributed by atoms with van der Waals surface area (Å²) < 4.78 is 10.6. The molecule has 1 aliphatic rings. The molecule has 7 nitrogen and oxygen atoms in total. The van der Waals surface area contributed by atoms with E-state index in [1.54, 1.807) is 32.4 Å². The van der Waals surface area contributed by atoms with Gasteiger partial charge in [0.2, 0.25) is 0 Å². The van der Waals surface area contributed by atoms with Crippen LogP contribution in [-0.2, 0) is 6.42 Å². The van der Waals surface area contributed by atoms with Crippen molar-refractivity contribution in [2.24, 2.45) is 0 Å². The third kappa shape index (κ3) is 2.52. The Morgan fingerprint density at radius 1 is 1.19 bits per heavy atom. The minimum absolute atomic E-state index is 0.250. The maximum atomic E-state index is 12.6. The average molecular weight is 348 g/mol. The molecule has 1 aromatic heterocycles. The Kier molecular flexibility index (Phi) is 3.73. The molecule has 2 aromatic carbocycles. The number of nitriles is 1. The first kappa shape index (κ1) is 16.0. The van der Waals surface area contributed by atoms with Crippen molar-refractivity contribution < 1.29 is 9.47 Å². The summed E-state index contributed by atoms with van der Waals surface area (Å²) in [7, 11) is 3.09. The smallest absolute Gasteiger partial charge is 0.272 e. The first-order chi connectivity index (χ1) is 12.6. The van der Waals surface area contributed by atoms with Crippen LogP contribution in [0.3, 0.4) is 0 Å². The van der Waals surface area contributed by atoms with Crippen molar-refractivity contribution in [3.8, 4) is 17.6 Å². The Morgan fingerprint density at radius 3 is 2.69 bits per heavy atom. The lowest BCUT2D eigenvalue weighted by molar-refractivity contribution is 0.355. The van der Waals surface area contributed by atoms with Crippen molar-refractivity contribution in [2.75, 3.05) is 19.5 Å². The van der Waals surface area contributed by atoms with Gasteiger partial charge in [0.05, 0.1) is 42.9 Å². The molecule has 1 aliphatic heterocycles. The van der Waals surface area contributed by atoms with Gasteiger partial charge in [0.25, 0.3) is 5.56 Å². The number of anilines is 1. The Balaban J connectivity index is 1.77. The fraction of sp³-hybridized carbons (Fsp3) is 0.211. The summed E-state index contributed by atoms with van der Waals surface area (Å²) in [6.07, 6.45) is 0.597. The molecular weight excluding hydrogens is 332 g/mol. The number of aromatic nitrogens is 2. The number of H-pyrrole nitrogens is 1. The van der Waals surface area contributed by atoms with Crippen LogP contribution in [-0.4, -0.2) is 24.2 Å². The number of aromatic amines is 1. The molecule has 0 spiro atoms. The first-order valence-corrected chi connectivity index (χ1v) is 8.08. The summed E-state index contributed by atoms with van der Waals surface area (Å²) in [5, 5.41) is 12.4. The van der Waals surface area contributed by atoms with E-state index in [4.69, 9.17) is 14.7 Å². The zero-order chi connectivity index (χ0) is 18.3. The SMILES string of the molecule is COc1cc2nc(C3Cc4cc(C#N)ccc4N3)c(=O)[nH]c2cc1OC. The maximum absolute atomic E-state index is 12.6. The van der Waals surface area contributed by atoms with Crippen LogP contribution in [0, 0.1) is 11.3 Å². The molecule has 0 bridgehead atoms. The predicted octanol–water partition coefficient (Wildman–Crippen LogP) is 2.52. The zero-order valence-electron chi connectivity index (χ0n) is 14.3. The number of methoxy groups -OCH3 is 2. The van der Waals surface area contributed by atoms with Crippen LogP contribution >= 0.6 is 0 Å². The third-order valence-electron chi connectivity index (χ3n) is 4.54. The number of ether oxygens (including phenoxy) is 2. The second-order valence-corrected chi connectivity index (χ2v) is 6.06. The van der Waals surface area contributed by atoms with E-state index in [1.807, 2.05) is 12.1 Å². The minimum Gasteiger partial charge on any atom is -0.493 e. The van der Waals surface area contributed by atoms with Gasteiger partial charge in [-0.05, 0) is 23.8 Å². The predicted molar refractivity (Wildman–Crippen MR) is 96.7 cm³/mol. The molecule has 2 heterocycles. The zero-order valence-corrected chi connectivity index (χ0v) is 14.3. The lowest BCUT2D eigenvalue weighted by Crippen LogP contribution is -2.22. The molecule has 0 amide bonds. The Hall–Kier alpha value is -3.53. The molecule has 26 heavy (non-hydrogen) atoms. The second-order valence-electron chi connectivity index (χ2n) is 6.06. The average Bonchev–Trinajstić information content (AvgIpc) is 3.09. The van der Waals surface area contributed by atoms with Crippen LogP contribution in [0.2, 0.25) is 0 Å². The van der Waals surface area contributed by atoms with Gasteiger partial charge >= 0.3 is 0 Å². The summed E-state index contributed by atoms with van der Waals surface area (Å²) >= 11 is 0. The number of hydrogen-bond donors (Lipinski definition) is 2. The van der Waals surface area contributed by atoms with Gasteiger partial charge in [0, 0.05) is 24.2 Å². The fourth-order valence-electron chi connectivity index (χ4n) is 3.26. The number of nitrogens with one attached hydrogen (secondary N) is 2. The monoisotopic (exact) mass is 348 g/mol. The number of rotatable bonds is 3. The molecule has 0 radical (unpaired) electrons. The summed E-state index contributed by atoms with van der Waals surface area (Å²) in [6, 6.07) is 10.8. The molecule has 2 N–H and O–H groups in total. The van der Waals surface area contributed by atoms with Crippen molar-refractivity contribution in [3.05, 3.63) is 57.5 Å². The van der Waals surface area contributed by atoms with Gasteiger partial charge in [-0.15, -0.1) is 0 Å². The standard InChI is InChI=1S/C19H16N4O3/c1-25-16-7-13-14(8-17(16)26-2)23-19(24)18(22-13)15-6-11-5-10(9-20)3-4-12(11)21-15/h3-5,7-8,15,21H,6H2,1-2H3,(H,23,24). The molecule has 3 aromatic rings. The highest BCUT2D eigenvalue weighted by Crippen LogP contribution is 2.34. The Morgan fingerprint density at radius 2 is 1.96 bits per heavy atom. The van der Waals surface area contributed by atoms with E-state index < -0.39 is 0 Å². The van der Waals surface area contributed by atoms with Crippen LogP contribution in [0.15, 0.2) is 35.1 Å². The Bertz CT molecular complexity index is 1110. The molecule has 1 atom stereocenters. The van der Waals surface area contributed by atoms with Crippen molar-refractivity contribution in [3.63, 3.8) is 0 Å². The van der Waals surface area contributed by atoms with Crippen LogP contribution in [0.1, 0.15) is 22.9 Å². The highest BCUT2D eigenvalue weighted by atomic mass is 16.5. The van der Waals surface area contributed by atoms with E-state index in [1.165, 1.54) is 0 Å². The minimum atomic E-state index is -0.254. The summed E-state index contributed by atoms with van der Waals surface area (Å²) in [4.78, 5) is 20.0. The van der Waals surface area contributed by atoms with Crippen LogP contribution in [0.4, 0.5) is 5.69 Å². The molecule has 4 rings (SSSR count). The van der Waals surface area contributed by atoms with Crippen molar-refractivity contribution >= 4 is 16.7 Å². The van der Waals surface area contributed by atoms with E-state index >= 15 is 0 Å². The molecular formula is C19H16N4O3. The van der Waals surface area contributed by atoms with Crippen LogP contribution in [0.5, 0.6) is 11.5 Å².